The molecule has 0 aliphatic carbocycles. The second-order valence-electron chi connectivity index (χ2n) is 2.61. The van der Waals surface area contributed by atoms with Gasteiger partial charge in [0.2, 0.25) is 0 Å². The van der Waals surface area contributed by atoms with E-state index in [0.29, 0.717) is 6.42 Å². The standard InChI is InChI=1S/C8H10N2O2.HI/c1-10-5-4-9-7(6-10)2-3-8(11)12;/h4-6H,2-3H2,1H3;1H. The number of hydrogen-bond donors (Lipinski definition) is 1. The molecule has 0 radical (unpaired) electrons. The maximum absolute atomic E-state index is 10.2. The molecule has 0 saturated heterocycles. The first-order chi connectivity index (χ1) is 5.68. The van der Waals surface area contributed by atoms with Gasteiger partial charge in [-0.05, 0) is 0 Å². The molecule has 0 saturated carbocycles. The molecule has 1 aromatic rings. The minimum Gasteiger partial charge on any atom is -1.00 e. The quantitative estimate of drug-likeness (QED) is 0.475. The lowest BCUT2D eigenvalue weighted by molar-refractivity contribution is -0.672. The van der Waals surface area contributed by atoms with E-state index in [1.165, 1.54) is 0 Å². The molecule has 0 amide bonds. The molecule has 5 heteroatoms. The Hall–Kier alpha value is -0.720. The van der Waals surface area contributed by atoms with E-state index in [-0.39, 0.29) is 30.4 Å². The summed E-state index contributed by atoms with van der Waals surface area (Å²) >= 11 is 0. The summed E-state index contributed by atoms with van der Waals surface area (Å²) in [4.78, 5) is 14.3. The molecule has 0 aliphatic rings. The Morgan fingerprint density at radius 3 is 2.92 bits per heavy atom. The predicted molar refractivity (Wildman–Crippen MR) is 41.4 cm³/mol. The molecule has 1 aromatic heterocycles. The van der Waals surface area contributed by atoms with Gasteiger partial charge in [0, 0.05) is 6.42 Å². The molecule has 4 nitrogen and oxygen atoms in total. The van der Waals surface area contributed by atoms with Crippen LogP contribution in [0, 0.1) is 0 Å². The number of rotatable bonds is 3. The Balaban J connectivity index is 0.00000144. The molecule has 0 aromatic carbocycles. The molecule has 0 fully saturated rings. The van der Waals surface area contributed by atoms with Gasteiger partial charge in [0.15, 0.2) is 12.4 Å². The molecular formula is C8H11IN2O2. The molecular weight excluding hydrogens is 283 g/mol. The molecule has 0 unspecified atom stereocenters. The number of aliphatic carboxylic acids is 1. The van der Waals surface area contributed by atoms with Crippen LogP contribution < -0.4 is 28.5 Å². The van der Waals surface area contributed by atoms with Crippen molar-refractivity contribution in [2.45, 2.75) is 12.8 Å². The molecule has 1 rings (SSSR count). The first-order valence-electron chi connectivity index (χ1n) is 3.70. The van der Waals surface area contributed by atoms with Crippen LogP contribution in [0.1, 0.15) is 12.1 Å². The van der Waals surface area contributed by atoms with E-state index in [0.717, 1.165) is 5.69 Å². The third-order valence-electron chi connectivity index (χ3n) is 1.49. The number of halogens is 1. The molecule has 0 spiro atoms. The maximum Gasteiger partial charge on any atom is 0.303 e. The van der Waals surface area contributed by atoms with Crippen molar-refractivity contribution in [3.8, 4) is 0 Å². The molecule has 1 heterocycles. The van der Waals surface area contributed by atoms with Crippen LogP contribution in [-0.2, 0) is 18.3 Å². The van der Waals surface area contributed by atoms with Gasteiger partial charge in [-0.2, -0.15) is 0 Å². The van der Waals surface area contributed by atoms with Gasteiger partial charge in [-0.1, -0.05) is 0 Å². The summed E-state index contributed by atoms with van der Waals surface area (Å²) in [7, 11) is 1.88. The van der Waals surface area contributed by atoms with Crippen molar-refractivity contribution in [3.05, 3.63) is 24.3 Å². The van der Waals surface area contributed by atoms with Crippen LogP contribution >= 0.6 is 0 Å². The minimum atomic E-state index is -0.789. The predicted octanol–water partition coefficient (Wildman–Crippen LogP) is -3.07. The van der Waals surface area contributed by atoms with Crippen LogP contribution in [0.25, 0.3) is 0 Å². The van der Waals surface area contributed by atoms with Gasteiger partial charge >= 0.3 is 5.97 Å². The van der Waals surface area contributed by atoms with Gasteiger partial charge < -0.3 is 29.1 Å². The first-order valence-corrected chi connectivity index (χ1v) is 3.70. The minimum absolute atomic E-state index is 0. The van der Waals surface area contributed by atoms with Crippen molar-refractivity contribution in [1.82, 2.24) is 4.98 Å². The zero-order valence-electron chi connectivity index (χ0n) is 7.27. The van der Waals surface area contributed by atoms with E-state index in [1.54, 1.807) is 6.20 Å². The van der Waals surface area contributed by atoms with E-state index < -0.39 is 5.97 Å². The highest BCUT2D eigenvalue weighted by molar-refractivity contribution is 5.66. The van der Waals surface area contributed by atoms with Gasteiger partial charge in [0.25, 0.3) is 0 Å². The van der Waals surface area contributed by atoms with Crippen molar-refractivity contribution >= 4 is 5.97 Å². The normalized spacial score (nSPS) is 9.00. The summed E-state index contributed by atoms with van der Waals surface area (Å²) in [5.74, 6) is -0.789. The summed E-state index contributed by atoms with van der Waals surface area (Å²) in [6.07, 6.45) is 5.92. The molecule has 72 valence electrons. The monoisotopic (exact) mass is 294 g/mol. The molecule has 1 N–H and O–H groups in total. The molecule has 0 aliphatic heterocycles. The molecule has 0 bridgehead atoms. The Labute approximate surface area is 93.6 Å². The number of carboxylic acids is 1. The molecule has 0 atom stereocenters. The average Bonchev–Trinajstić information content (AvgIpc) is 2.01. The number of nitrogens with zero attached hydrogens (tertiary/aromatic N) is 2. The van der Waals surface area contributed by atoms with Crippen LogP contribution in [0.4, 0.5) is 0 Å². The average molecular weight is 294 g/mol. The van der Waals surface area contributed by atoms with E-state index in [1.807, 2.05) is 24.0 Å². The summed E-state index contributed by atoms with van der Waals surface area (Å²) in [5, 5.41) is 8.41. The largest absolute Gasteiger partial charge is 1.00 e. The zero-order chi connectivity index (χ0) is 8.97. The SMILES string of the molecule is C[n+]1ccnc(CCC(=O)O)c1.[I-]. The smallest absolute Gasteiger partial charge is 0.303 e. The summed E-state index contributed by atoms with van der Waals surface area (Å²) < 4.78 is 1.85. The van der Waals surface area contributed by atoms with E-state index in [4.69, 9.17) is 5.11 Å². The number of hydrogen-bond acceptors (Lipinski definition) is 2. The van der Waals surface area contributed by atoms with Crippen molar-refractivity contribution in [3.63, 3.8) is 0 Å². The second-order valence-corrected chi connectivity index (χ2v) is 2.61. The lowest BCUT2D eigenvalue weighted by atomic mass is 10.2. The van der Waals surface area contributed by atoms with E-state index in [9.17, 15) is 4.79 Å². The number of aromatic nitrogens is 2. The van der Waals surface area contributed by atoms with Crippen LogP contribution in [-0.4, -0.2) is 16.1 Å². The van der Waals surface area contributed by atoms with Gasteiger partial charge in [-0.3, -0.25) is 4.79 Å². The van der Waals surface area contributed by atoms with Gasteiger partial charge in [-0.25, -0.2) is 9.55 Å². The fourth-order valence-electron chi connectivity index (χ4n) is 0.910. The second kappa shape index (κ2) is 5.85. The first kappa shape index (κ1) is 12.3. The maximum atomic E-state index is 10.2. The third-order valence-corrected chi connectivity index (χ3v) is 1.49. The lowest BCUT2D eigenvalue weighted by Gasteiger charge is -1.93. The van der Waals surface area contributed by atoms with Crippen molar-refractivity contribution in [1.29, 1.82) is 0 Å². The van der Waals surface area contributed by atoms with Crippen molar-refractivity contribution in [2.24, 2.45) is 7.05 Å². The Bertz CT molecular complexity index is 291. The van der Waals surface area contributed by atoms with Gasteiger partial charge in [-0.15, -0.1) is 0 Å². The fourth-order valence-corrected chi connectivity index (χ4v) is 0.910. The highest BCUT2D eigenvalue weighted by atomic mass is 127. The highest BCUT2D eigenvalue weighted by Crippen LogP contribution is 1.94. The Kier molecular flexibility index (Phi) is 5.52. The summed E-state index contributed by atoms with van der Waals surface area (Å²) in [6.45, 7) is 0. The molecule has 13 heavy (non-hydrogen) atoms. The Morgan fingerprint density at radius 2 is 2.38 bits per heavy atom. The number of carboxylic acid groups (broad SMARTS) is 1. The fraction of sp³-hybridized carbons (Fsp3) is 0.375. The van der Waals surface area contributed by atoms with Gasteiger partial charge in [0.05, 0.1) is 12.6 Å². The zero-order valence-corrected chi connectivity index (χ0v) is 9.43. The van der Waals surface area contributed by atoms with Crippen molar-refractivity contribution in [2.75, 3.05) is 0 Å². The van der Waals surface area contributed by atoms with Crippen LogP contribution in [0.2, 0.25) is 0 Å². The van der Waals surface area contributed by atoms with E-state index >= 15 is 0 Å². The van der Waals surface area contributed by atoms with E-state index in [2.05, 4.69) is 4.98 Å². The topological polar surface area (TPSA) is 54.1 Å². The Morgan fingerprint density at radius 1 is 1.69 bits per heavy atom. The highest BCUT2D eigenvalue weighted by Gasteiger charge is 2.02. The van der Waals surface area contributed by atoms with Crippen LogP contribution in [0.15, 0.2) is 18.6 Å². The third kappa shape index (κ3) is 4.76. The summed E-state index contributed by atoms with van der Waals surface area (Å²) in [5.41, 5.74) is 0.808. The van der Waals surface area contributed by atoms with Crippen LogP contribution in [0.3, 0.4) is 0 Å². The number of aryl methyl sites for hydroxylation is 2. The van der Waals surface area contributed by atoms with Crippen molar-refractivity contribution < 1.29 is 38.4 Å². The lowest BCUT2D eigenvalue weighted by Crippen LogP contribution is -3.00. The van der Waals surface area contributed by atoms with Crippen LogP contribution in [0.5, 0.6) is 0 Å². The summed E-state index contributed by atoms with van der Waals surface area (Å²) in [6, 6.07) is 0. The number of carbonyl (C=O) groups is 1. The van der Waals surface area contributed by atoms with Gasteiger partial charge in [0.1, 0.15) is 12.7 Å².